The van der Waals surface area contributed by atoms with E-state index in [1.54, 1.807) is 6.07 Å². The Hall–Kier alpha value is -1.81. The largest absolute Gasteiger partial charge is 0.451 e. The quantitative estimate of drug-likeness (QED) is 0.868. The minimum Gasteiger partial charge on any atom is -0.451 e. The summed E-state index contributed by atoms with van der Waals surface area (Å²) < 4.78 is 5.55. The van der Waals surface area contributed by atoms with Gasteiger partial charge in [-0.25, -0.2) is 0 Å². The Morgan fingerprint density at radius 3 is 2.79 bits per heavy atom. The van der Waals surface area contributed by atoms with Crippen molar-refractivity contribution in [3.63, 3.8) is 0 Å². The number of benzene rings is 1. The van der Waals surface area contributed by atoms with Crippen molar-refractivity contribution in [3.05, 3.63) is 36.1 Å². The average Bonchev–Trinajstić information content (AvgIpc) is 2.82. The first-order valence-corrected chi connectivity index (χ1v) is 6.53. The maximum atomic E-state index is 12.2. The highest BCUT2D eigenvalue weighted by molar-refractivity contribution is 5.96. The molecule has 2 aromatic rings. The summed E-state index contributed by atoms with van der Waals surface area (Å²) in [6, 6.07) is 9.64. The topological polar surface area (TPSA) is 68.3 Å². The zero-order chi connectivity index (χ0) is 13.6. The van der Waals surface area contributed by atoms with Gasteiger partial charge >= 0.3 is 0 Å². The van der Waals surface area contributed by atoms with Crippen LogP contribution in [0, 0.1) is 5.41 Å². The van der Waals surface area contributed by atoms with Crippen LogP contribution in [0.2, 0.25) is 0 Å². The Bertz CT molecular complexity index is 597. The summed E-state index contributed by atoms with van der Waals surface area (Å²) in [6.07, 6.45) is 0.818. The molecule has 0 spiro atoms. The van der Waals surface area contributed by atoms with Crippen molar-refractivity contribution in [2.24, 2.45) is 11.1 Å². The smallest absolute Gasteiger partial charge is 0.287 e. The molecule has 1 saturated carbocycles. The third kappa shape index (κ3) is 1.92. The minimum atomic E-state index is -0.166. The Balaban J connectivity index is 1.78. The van der Waals surface area contributed by atoms with Crippen LogP contribution in [-0.4, -0.2) is 18.0 Å². The van der Waals surface area contributed by atoms with Gasteiger partial charge in [-0.05, 0) is 18.6 Å². The molecule has 19 heavy (non-hydrogen) atoms. The van der Waals surface area contributed by atoms with Gasteiger partial charge in [-0.1, -0.05) is 32.0 Å². The Morgan fingerprint density at radius 1 is 1.42 bits per heavy atom. The fourth-order valence-electron chi connectivity index (χ4n) is 2.53. The van der Waals surface area contributed by atoms with Crippen LogP contribution in [0.25, 0.3) is 11.0 Å². The van der Waals surface area contributed by atoms with E-state index in [-0.39, 0.29) is 23.4 Å². The molecule has 0 bridgehead atoms. The standard InChI is InChI=1S/C15H18N2O2/c1-15(2)12(16)8-13(15)17-14(18)11-7-9-5-3-4-6-10(9)19-11/h3-7,12-13H,8,16H2,1-2H3,(H,17,18). The number of hydrogen-bond acceptors (Lipinski definition) is 3. The highest BCUT2D eigenvalue weighted by Gasteiger charge is 2.46. The number of carbonyl (C=O) groups excluding carboxylic acids is 1. The van der Waals surface area contributed by atoms with Crippen LogP contribution in [0.3, 0.4) is 0 Å². The number of hydrogen-bond donors (Lipinski definition) is 2. The van der Waals surface area contributed by atoms with Crippen molar-refractivity contribution < 1.29 is 9.21 Å². The molecule has 1 aromatic heterocycles. The van der Waals surface area contributed by atoms with E-state index in [1.807, 2.05) is 24.3 Å². The van der Waals surface area contributed by atoms with Gasteiger partial charge in [0.15, 0.2) is 5.76 Å². The molecule has 1 aliphatic rings. The molecule has 0 radical (unpaired) electrons. The SMILES string of the molecule is CC1(C)C(N)CC1NC(=O)c1cc2ccccc2o1. The lowest BCUT2D eigenvalue weighted by Gasteiger charge is -2.50. The van der Waals surface area contributed by atoms with Gasteiger partial charge < -0.3 is 15.5 Å². The summed E-state index contributed by atoms with van der Waals surface area (Å²) in [5, 5.41) is 3.94. The number of rotatable bonds is 2. The fourth-order valence-corrected chi connectivity index (χ4v) is 2.53. The van der Waals surface area contributed by atoms with Crippen LogP contribution in [0.1, 0.15) is 30.8 Å². The van der Waals surface area contributed by atoms with Crippen LogP contribution < -0.4 is 11.1 Å². The van der Waals surface area contributed by atoms with Crippen molar-refractivity contribution >= 4 is 16.9 Å². The summed E-state index contributed by atoms with van der Waals surface area (Å²) in [4.78, 5) is 12.2. The first-order chi connectivity index (χ1) is 8.98. The number of para-hydroxylation sites is 1. The average molecular weight is 258 g/mol. The molecule has 0 aliphatic heterocycles. The van der Waals surface area contributed by atoms with E-state index in [4.69, 9.17) is 10.2 Å². The van der Waals surface area contributed by atoms with Gasteiger partial charge in [-0.2, -0.15) is 0 Å². The molecule has 1 aliphatic carbocycles. The molecule has 4 nitrogen and oxygen atoms in total. The molecular weight excluding hydrogens is 240 g/mol. The molecule has 1 heterocycles. The number of amides is 1. The number of carbonyl (C=O) groups is 1. The maximum absolute atomic E-state index is 12.2. The highest BCUT2D eigenvalue weighted by atomic mass is 16.3. The van der Waals surface area contributed by atoms with Gasteiger partial charge in [0.05, 0.1) is 0 Å². The fraction of sp³-hybridized carbons (Fsp3) is 0.400. The van der Waals surface area contributed by atoms with Crippen LogP contribution in [0.15, 0.2) is 34.7 Å². The monoisotopic (exact) mass is 258 g/mol. The van der Waals surface area contributed by atoms with Crippen molar-refractivity contribution in [1.82, 2.24) is 5.32 Å². The van der Waals surface area contributed by atoms with Crippen molar-refractivity contribution in [1.29, 1.82) is 0 Å². The zero-order valence-corrected chi connectivity index (χ0v) is 11.1. The van der Waals surface area contributed by atoms with Gasteiger partial charge in [0.1, 0.15) is 5.58 Å². The summed E-state index contributed by atoms with van der Waals surface area (Å²) in [5.74, 6) is 0.193. The zero-order valence-electron chi connectivity index (χ0n) is 11.1. The van der Waals surface area contributed by atoms with Crippen molar-refractivity contribution in [3.8, 4) is 0 Å². The van der Waals surface area contributed by atoms with Crippen LogP contribution >= 0.6 is 0 Å². The third-order valence-electron chi connectivity index (χ3n) is 4.30. The Labute approximate surface area is 112 Å². The molecule has 1 amide bonds. The lowest BCUT2D eigenvalue weighted by Crippen LogP contribution is -2.64. The Kier molecular flexibility index (Phi) is 2.64. The number of nitrogens with two attached hydrogens (primary N) is 1. The predicted octanol–water partition coefficient (Wildman–Crippen LogP) is 2.29. The van der Waals surface area contributed by atoms with E-state index < -0.39 is 0 Å². The molecule has 1 aromatic carbocycles. The molecule has 0 saturated heterocycles. The molecule has 1 fully saturated rings. The van der Waals surface area contributed by atoms with Gasteiger partial charge in [0.2, 0.25) is 0 Å². The summed E-state index contributed by atoms with van der Waals surface area (Å²) in [6.45, 7) is 4.15. The van der Waals surface area contributed by atoms with E-state index in [0.29, 0.717) is 5.76 Å². The van der Waals surface area contributed by atoms with Gasteiger partial charge in [0.25, 0.3) is 5.91 Å². The van der Waals surface area contributed by atoms with Gasteiger partial charge in [0, 0.05) is 22.9 Å². The summed E-state index contributed by atoms with van der Waals surface area (Å²) in [7, 11) is 0. The first-order valence-electron chi connectivity index (χ1n) is 6.53. The number of nitrogens with one attached hydrogen (secondary N) is 1. The van der Waals surface area contributed by atoms with Gasteiger partial charge in [-0.15, -0.1) is 0 Å². The lowest BCUT2D eigenvalue weighted by molar-refractivity contribution is 0.0570. The normalized spacial score (nSPS) is 25.0. The van der Waals surface area contributed by atoms with Crippen LogP contribution in [0.5, 0.6) is 0 Å². The van der Waals surface area contributed by atoms with E-state index in [0.717, 1.165) is 17.4 Å². The van der Waals surface area contributed by atoms with E-state index in [9.17, 15) is 4.79 Å². The molecule has 3 N–H and O–H groups in total. The molecule has 4 heteroatoms. The molecule has 2 atom stereocenters. The second kappa shape index (κ2) is 4.10. The number of furan rings is 1. The summed E-state index contributed by atoms with van der Waals surface area (Å²) >= 11 is 0. The Morgan fingerprint density at radius 2 is 2.16 bits per heavy atom. The predicted molar refractivity (Wildman–Crippen MR) is 73.8 cm³/mol. The summed E-state index contributed by atoms with van der Waals surface area (Å²) in [5.41, 5.74) is 6.63. The minimum absolute atomic E-state index is 0.0539. The second-order valence-corrected chi connectivity index (χ2v) is 5.84. The lowest BCUT2D eigenvalue weighted by atomic mass is 9.63. The number of fused-ring (bicyclic) bond motifs is 1. The highest BCUT2D eigenvalue weighted by Crippen LogP contribution is 2.39. The van der Waals surface area contributed by atoms with Crippen molar-refractivity contribution in [2.45, 2.75) is 32.4 Å². The molecule has 3 rings (SSSR count). The molecular formula is C15H18N2O2. The van der Waals surface area contributed by atoms with Gasteiger partial charge in [-0.3, -0.25) is 4.79 Å². The van der Waals surface area contributed by atoms with Crippen LogP contribution in [0.4, 0.5) is 0 Å². The molecule has 100 valence electrons. The van der Waals surface area contributed by atoms with E-state index in [2.05, 4.69) is 19.2 Å². The van der Waals surface area contributed by atoms with Crippen LogP contribution in [-0.2, 0) is 0 Å². The van der Waals surface area contributed by atoms with E-state index in [1.165, 1.54) is 0 Å². The second-order valence-electron chi connectivity index (χ2n) is 5.84. The third-order valence-corrected chi connectivity index (χ3v) is 4.30. The first kappa shape index (κ1) is 12.2. The van der Waals surface area contributed by atoms with Crippen molar-refractivity contribution in [2.75, 3.05) is 0 Å². The maximum Gasteiger partial charge on any atom is 0.287 e. The van der Waals surface area contributed by atoms with E-state index >= 15 is 0 Å². The molecule has 2 unspecified atom stereocenters.